The fourth-order valence-electron chi connectivity index (χ4n) is 1.97. The lowest BCUT2D eigenvalue weighted by Crippen LogP contribution is -1.95. The number of fused-ring (bicyclic) bond motifs is 1. The van der Waals surface area contributed by atoms with E-state index in [1.807, 2.05) is 25.3 Å². The van der Waals surface area contributed by atoms with Crippen LogP contribution >= 0.6 is 11.3 Å². The SMILES string of the molecule is COc1ccc(-c2nn3cc(CN)nc3s2)cc1C. The number of hydrogen-bond acceptors (Lipinski definition) is 5. The maximum atomic E-state index is 5.56. The topological polar surface area (TPSA) is 65.4 Å². The summed E-state index contributed by atoms with van der Waals surface area (Å²) in [5, 5.41) is 5.47. The second kappa shape index (κ2) is 4.64. The lowest BCUT2D eigenvalue weighted by atomic mass is 10.1. The van der Waals surface area contributed by atoms with Gasteiger partial charge in [-0.3, -0.25) is 0 Å². The van der Waals surface area contributed by atoms with Crippen LogP contribution in [0.3, 0.4) is 0 Å². The van der Waals surface area contributed by atoms with Crippen LogP contribution in [0.25, 0.3) is 15.5 Å². The zero-order valence-corrected chi connectivity index (χ0v) is 11.6. The average Bonchev–Trinajstić information content (AvgIpc) is 2.96. The summed E-state index contributed by atoms with van der Waals surface area (Å²) < 4.78 is 7.04. The predicted octanol–water partition coefficient (Wildman–Crippen LogP) is 2.23. The Bertz CT molecular complexity index is 700. The molecule has 0 atom stereocenters. The number of aryl methyl sites for hydroxylation is 1. The Kier molecular flexibility index (Phi) is 2.96. The van der Waals surface area contributed by atoms with Crippen LogP contribution in [0.1, 0.15) is 11.3 Å². The Morgan fingerprint density at radius 3 is 2.89 bits per heavy atom. The van der Waals surface area contributed by atoms with Gasteiger partial charge in [0, 0.05) is 12.1 Å². The zero-order chi connectivity index (χ0) is 13.4. The Morgan fingerprint density at radius 1 is 1.42 bits per heavy atom. The quantitative estimate of drug-likeness (QED) is 0.795. The molecule has 3 rings (SSSR count). The van der Waals surface area contributed by atoms with Crippen LogP contribution < -0.4 is 10.5 Å². The number of imidazole rings is 1. The first-order valence-electron chi connectivity index (χ1n) is 5.91. The number of rotatable bonds is 3. The van der Waals surface area contributed by atoms with E-state index in [0.717, 1.165) is 32.5 Å². The van der Waals surface area contributed by atoms with Gasteiger partial charge in [-0.1, -0.05) is 11.3 Å². The summed E-state index contributed by atoms with van der Waals surface area (Å²) in [6.45, 7) is 2.46. The van der Waals surface area contributed by atoms with Gasteiger partial charge in [-0.15, -0.1) is 0 Å². The van der Waals surface area contributed by atoms with Crippen LogP contribution in [-0.2, 0) is 6.54 Å². The number of aromatic nitrogens is 3. The highest BCUT2D eigenvalue weighted by Crippen LogP contribution is 2.29. The maximum Gasteiger partial charge on any atom is 0.212 e. The van der Waals surface area contributed by atoms with Gasteiger partial charge in [-0.2, -0.15) is 5.10 Å². The van der Waals surface area contributed by atoms with Crippen LogP contribution in [0.15, 0.2) is 24.4 Å². The second-order valence-electron chi connectivity index (χ2n) is 4.26. The van der Waals surface area contributed by atoms with Gasteiger partial charge in [0.15, 0.2) is 0 Å². The number of nitrogens with two attached hydrogens (primary N) is 1. The fourth-order valence-corrected chi connectivity index (χ4v) is 2.87. The molecule has 0 amide bonds. The van der Waals surface area contributed by atoms with E-state index < -0.39 is 0 Å². The smallest absolute Gasteiger partial charge is 0.212 e. The van der Waals surface area contributed by atoms with E-state index in [2.05, 4.69) is 16.1 Å². The van der Waals surface area contributed by atoms with Crippen molar-refractivity contribution in [3.05, 3.63) is 35.7 Å². The first-order valence-corrected chi connectivity index (χ1v) is 6.73. The molecule has 0 radical (unpaired) electrons. The second-order valence-corrected chi connectivity index (χ2v) is 5.21. The molecule has 5 nitrogen and oxygen atoms in total. The standard InChI is InChI=1S/C13H14N4OS/c1-8-5-9(3-4-11(8)18-2)12-16-17-7-10(6-14)15-13(17)19-12/h3-5,7H,6,14H2,1-2H3. The summed E-state index contributed by atoms with van der Waals surface area (Å²) in [4.78, 5) is 5.27. The van der Waals surface area contributed by atoms with E-state index in [1.165, 1.54) is 0 Å². The molecule has 0 bridgehead atoms. The molecule has 2 heterocycles. The maximum absolute atomic E-state index is 5.56. The van der Waals surface area contributed by atoms with Crippen molar-refractivity contribution in [1.29, 1.82) is 0 Å². The average molecular weight is 274 g/mol. The molecule has 3 aromatic rings. The molecule has 0 aliphatic carbocycles. The highest BCUT2D eigenvalue weighted by molar-refractivity contribution is 7.19. The molecular weight excluding hydrogens is 260 g/mol. The van der Waals surface area contributed by atoms with Gasteiger partial charge in [-0.05, 0) is 30.7 Å². The number of benzene rings is 1. The van der Waals surface area contributed by atoms with Gasteiger partial charge >= 0.3 is 0 Å². The number of methoxy groups -OCH3 is 1. The van der Waals surface area contributed by atoms with Crippen molar-refractivity contribution in [3.63, 3.8) is 0 Å². The molecule has 6 heteroatoms. The van der Waals surface area contributed by atoms with E-state index in [-0.39, 0.29) is 0 Å². The van der Waals surface area contributed by atoms with Crippen LogP contribution in [0.2, 0.25) is 0 Å². The van der Waals surface area contributed by atoms with Crippen LogP contribution in [0.5, 0.6) is 5.75 Å². The van der Waals surface area contributed by atoms with Gasteiger partial charge < -0.3 is 10.5 Å². The van der Waals surface area contributed by atoms with Crippen LogP contribution in [0, 0.1) is 6.92 Å². The summed E-state index contributed by atoms with van der Waals surface area (Å²) in [5.41, 5.74) is 8.58. The van der Waals surface area contributed by atoms with Gasteiger partial charge in [0.2, 0.25) is 4.96 Å². The summed E-state index contributed by atoms with van der Waals surface area (Å²) in [6, 6.07) is 6.04. The number of hydrogen-bond donors (Lipinski definition) is 1. The first kappa shape index (κ1) is 12.1. The molecule has 0 spiro atoms. The molecule has 0 unspecified atom stereocenters. The summed E-state index contributed by atoms with van der Waals surface area (Å²) in [7, 11) is 1.67. The summed E-state index contributed by atoms with van der Waals surface area (Å²) >= 11 is 1.55. The fraction of sp³-hybridized carbons (Fsp3) is 0.231. The van der Waals surface area contributed by atoms with Crippen molar-refractivity contribution >= 4 is 16.3 Å². The zero-order valence-electron chi connectivity index (χ0n) is 10.8. The Balaban J connectivity index is 2.03. The molecule has 0 aliphatic heterocycles. The van der Waals surface area contributed by atoms with E-state index in [0.29, 0.717) is 6.54 Å². The van der Waals surface area contributed by atoms with Crippen molar-refractivity contribution < 1.29 is 4.74 Å². The summed E-state index contributed by atoms with van der Waals surface area (Å²) in [5.74, 6) is 0.885. The lowest BCUT2D eigenvalue weighted by molar-refractivity contribution is 0.412. The van der Waals surface area contributed by atoms with Crippen LogP contribution in [-0.4, -0.2) is 21.7 Å². The first-order chi connectivity index (χ1) is 9.21. The normalized spacial score (nSPS) is 11.1. The molecule has 1 aromatic carbocycles. The predicted molar refractivity (Wildman–Crippen MR) is 75.5 cm³/mol. The largest absolute Gasteiger partial charge is 0.496 e. The highest BCUT2D eigenvalue weighted by Gasteiger charge is 2.10. The summed E-state index contributed by atoms with van der Waals surface area (Å²) in [6.07, 6.45) is 1.87. The van der Waals surface area contributed by atoms with Gasteiger partial charge in [0.25, 0.3) is 0 Å². The van der Waals surface area contributed by atoms with E-state index in [1.54, 1.807) is 23.0 Å². The van der Waals surface area contributed by atoms with Crippen molar-refractivity contribution in [2.45, 2.75) is 13.5 Å². The Labute approximate surface area is 114 Å². The Morgan fingerprint density at radius 2 is 2.26 bits per heavy atom. The van der Waals surface area contributed by atoms with E-state index >= 15 is 0 Å². The third-order valence-electron chi connectivity index (χ3n) is 2.94. The molecule has 0 fully saturated rings. The van der Waals surface area contributed by atoms with Crippen molar-refractivity contribution in [3.8, 4) is 16.3 Å². The minimum absolute atomic E-state index is 0.438. The molecule has 19 heavy (non-hydrogen) atoms. The molecule has 0 saturated heterocycles. The van der Waals surface area contributed by atoms with Gasteiger partial charge in [0.05, 0.1) is 19.0 Å². The van der Waals surface area contributed by atoms with E-state index in [4.69, 9.17) is 10.5 Å². The molecule has 0 saturated carbocycles. The van der Waals surface area contributed by atoms with Crippen LogP contribution in [0.4, 0.5) is 0 Å². The van der Waals surface area contributed by atoms with Gasteiger partial charge in [-0.25, -0.2) is 9.50 Å². The number of ether oxygens (including phenoxy) is 1. The van der Waals surface area contributed by atoms with Crippen molar-refractivity contribution in [2.24, 2.45) is 5.73 Å². The monoisotopic (exact) mass is 274 g/mol. The highest BCUT2D eigenvalue weighted by atomic mass is 32.1. The molecule has 0 aliphatic rings. The number of nitrogens with zero attached hydrogens (tertiary/aromatic N) is 3. The van der Waals surface area contributed by atoms with Crippen molar-refractivity contribution in [2.75, 3.05) is 7.11 Å². The third-order valence-corrected chi connectivity index (χ3v) is 3.92. The van der Waals surface area contributed by atoms with Crippen molar-refractivity contribution in [1.82, 2.24) is 14.6 Å². The molecule has 2 N–H and O–H groups in total. The molecule has 98 valence electrons. The lowest BCUT2D eigenvalue weighted by Gasteiger charge is -2.05. The minimum atomic E-state index is 0.438. The molecule has 2 aromatic heterocycles. The van der Waals surface area contributed by atoms with E-state index in [9.17, 15) is 0 Å². The molecular formula is C13H14N4OS. The third kappa shape index (κ3) is 2.09. The van der Waals surface area contributed by atoms with Gasteiger partial charge in [0.1, 0.15) is 10.8 Å². The minimum Gasteiger partial charge on any atom is -0.496 e. The Hall–Kier alpha value is -1.92.